The molecule has 0 radical (unpaired) electrons. The molecule has 0 aromatic carbocycles. The first-order valence-corrected chi connectivity index (χ1v) is 25.2. The standard InChI is InChI=1S/3C5H6N6.6C3H5N3.4C3H8.2CH4/c3*1-2-7-10(6-1)5-11-8-3-4-9-11;6*1-6-4-2-3-5-6;4*1-3-2;;/h3*1-4H,5H2;6*2-3H,1H3;4*3H2,1-2H3;2*1H4. The van der Waals surface area contributed by atoms with Gasteiger partial charge in [-0.1, -0.05) is 95.9 Å². The lowest BCUT2D eigenvalue weighted by Gasteiger charge is -1.95. The largest absolute Gasteiger partial charge is 0.188 e. The Bertz CT molecular complexity index is 2330. The molecule has 0 saturated heterocycles. The van der Waals surface area contributed by atoms with Crippen LogP contribution >= 0.6 is 0 Å². The molecule has 12 heterocycles. The Hall–Kier alpha value is -10.3. The van der Waals surface area contributed by atoms with E-state index in [1.165, 1.54) is 83.2 Å². The van der Waals surface area contributed by atoms with Crippen LogP contribution in [0.1, 0.15) is 95.9 Å². The third kappa shape index (κ3) is 47.4. The van der Waals surface area contributed by atoms with Gasteiger partial charge in [-0.05, 0) is 0 Å². The van der Waals surface area contributed by atoms with Crippen LogP contribution in [-0.2, 0) is 62.3 Å². The first kappa shape index (κ1) is 76.9. The first-order valence-electron chi connectivity index (χ1n) is 25.2. The van der Waals surface area contributed by atoms with Crippen LogP contribution in [0.25, 0.3) is 0 Å². The minimum atomic E-state index is 0. The topological polar surface area (TPSA) is 369 Å². The van der Waals surface area contributed by atoms with Crippen molar-refractivity contribution in [1.82, 2.24) is 180 Å². The molecule has 0 aliphatic heterocycles. The van der Waals surface area contributed by atoms with Crippen LogP contribution in [-0.4, -0.2) is 180 Å². The third-order valence-corrected chi connectivity index (χ3v) is 6.76. The van der Waals surface area contributed by atoms with Gasteiger partial charge < -0.3 is 0 Å². The van der Waals surface area contributed by atoms with Gasteiger partial charge in [0.1, 0.15) is 0 Å². The molecule has 0 aliphatic rings. The molecular formula is C47H88N36. The lowest BCUT2D eigenvalue weighted by atomic mass is 10.6. The second-order valence-corrected chi connectivity index (χ2v) is 14.8. The Morgan fingerprint density at radius 1 is 0.169 bits per heavy atom. The van der Waals surface area contributed by atoms with E-state index in [0.717, 1.165) is 0 Å². The SMILES string of the molecule is C.C.CCC.CCC.CCC.CCC.Cn1nccn1.Cn1nccn1.Cn1nccn1.Cn1nccn1.Cn1nccn1.Cn1nccn1.c1cnn(Cn2nccn2)n1.c1cnn(Cn2nccn2)n1.c1cnn(Cn2nccn2)n1. The minimum absolute atomic E-state index is 0. The van der Waals surface area contributed by atoms with Crippen LogP contribution < -0.4 is 0 Å². The van der Waals surface area contributed by atoms with E-state index >= 15 is 0 Å². The molecular weight excluding hydrogens is 1070 g/mol. The van der Waals surface area contributed by atoms with Crippen molar-refractivity contribution in [1.29, 1.82) is 0 Å². The quantitative estimate of drug-likeness (QED) is 0.227. The van der Waals surface area contributed by atoms with Crippen molar-refractivity contribution in [2.45, 2.75) is 116 Å². The Morgan fingerprint density at radius 3 is 0.301 bits per heavy atom. The van der Waals surface area contributed by atoms with E-state index < -0.39 is 0 Å². The van der Waals surface area contributed by atoms with Crippen LogP contribution in [0, 0.1) is 0 Å². The van der Waals surface area contributed by atoms with E-state index in [1.54, 1.807) is 191 Å². The van der Waals surface area contributed by atoms with Crippen molar-refractivity contribution in [3.8, 4) is 0 Å². The van der Waals surface area contributed by atoms with E-state index in [-0.39, 0.29) is 14.9 Å². The number of aryl methyl sites for hydroxylation is 6. The summed E-state index contributed by atoms with van der Waals surface area (Å²) in [6, 6.07) is 0. The summed E-state index contributed by atoms with van der Waals surface area (Å²) < 4.78 is 0. The summed E-state index contributed by atoms with van der Waals surface area (Å²) in [5.41, 5.74) is 0. The molecule has 0 aliphatic carbocycles. The average molecular weight is 1160 g/mol. The van der Waals surface area contributed by atoms with Crippen LogP contribution in [0.5, 0.6) is 0 Å². The summed E-state index contributed by atoms with van der Waals surface area (Å²) in [5.74, 6) is 0. The molecule has 12 aromatic rings. The zero-order chi connectivity index (χ0) is 59.8. The van der Waals surface area contributed by atoms with E-state index in [2.05, 4.69) is 178 Å². The molecule has 0 spiro atoms. The molecule has 0 amide bonds. The normalized spacial score (nSPS) is 8.75. The fraction of sp³-hybridized carbons (Fsp3) is 0.489. The number of aromatic nitrogens is 36. The molecule has 0 unspecified atom stereocenters. The molecule has 12 aromatic heterocycles. The zero-order valence-electron chi connectivity index (χ0n) is 48.9. The van der Waals surface area contributed by atoms with Gasteiger partial charge in [-0.2, -0.15) is 180 Å². The van der Waals surface area contributed by atoms with E-state index in [9.17, 15) is 0 Å². The highest BCUT2D eigenvalue weighted by atomic mass is 15.6. The number of hydrogen-bond donors (Lipinski definition) is 0. The van der Waals surface area contributed by atoms with Crippen molar-refractivity contribution in [2.75, 3.05) is 0 Å². The second kappa shape index (κ2) is 55.0. The molecule has 12 rings (SSSR count). The molecule has 0 N–H and O–H groups in total. The molecule has 0 saturated carbocycles. The number of rotatable bonds is 6. The van der Waals surface area contributed by atoms with Gasteiger partial charge in [-0.3, -0.25) is 0 Å². The van der Waals surface area contributed by atoms with Crippen LogP contribution in [0.15, 0.2) is 149 Å². The summed E-state index contributed by atoms with van der Waals surface area (Å²) >= 11 is 0. The van der Waals surface area contributed by atoms with E-state index in [4.69, 9.17) is 0 Å². The fourth-order valence-electron chi connectivity index (χ4n) is 3.93. The molecule has 36 nitrogen and oxygen atoms in total. The van der Waals surface area contributed by atoms with Gasteiger partial charge in [0.05, 0.1) is 149 Å². The smallest absolute Gasteiger partial charge is 0.172 e. The van der Waals surface area contributed by atoms with Gasteiger partial charge >= 0.3 is 0 Å². The highest BCUT2D eigenvalue weighted by molar-refractivity contribution is 4.65. The van der Waals surface area contributed by atoms with Crippen molar-refractivity contribution >= 4 is 0 Å². The van der Waals surface area contributed by atoms with E-state index in [1.807, 2.05) is 0 Å². The van der Waals surface area contributed by atoms with E-state index in [0.29, 0.717) is 20.0 Å². The third-order valence-electron chi connectivity index (χ3n) is 6.76. The second-order valence-electron chi connectivity index (χ2n) is 14.8. The van der Waals surface area contributed by atoms with Gasteiger partial charge in [0.15, 0.2) is 20.0 Å². The maximum Gasteiger partial charge on any atom is 0.172 e. The van der Waals surface area contributed by atoms with Crippen LogP contribution in [0.4, 0.5) is 0 Å². The zero-order valence-corrected chi connectivity index (χ0v) is 48.9. The van der Waals surface area contributed by atoms with Gasteiger partial charge in [-0.25, -0.2) is 0 Å². The van der Waals surface area contributed by atoms with Gasteiger partial charge in [0.25, 0.3) is 0 Å². The Morgan fingerprint density at radius 2 is 0.241 bits per heavy atom. The van der Waals surface area contributed by atoms with Gasteiger partial charge in [-0.15, -0.1) is 0 Å². The predicted molar refractivity (Wildman–Crippen MR) is 310 cm³/mol. The molecule has 0 fully saturated rings. The molecule has 36 heteroatoms. The fourth-order valence-corrected chi connectivity index (χ4v) is 3.93. The lowest BCUT2D eigenvalue weighted by molar-refractivity contribution is 0.413. The Labute approximate surface area is 485 Å². The predicted octanol–water partition coefficient (Wildman–Crippen LogP) is 3.95. The highest BCUT2D eigenvalue weighted by Gasteiger charge is 1.95. The van der Waals surface area contributed by atoms with Crippen LogP contribution in [0.2, 0.25) is 0 Å². The van der Waals surface area contributed by atoms with Crippen molar-refractivity contribution in [3.05, 3.63) is 149 Å². The lowest BCUT2D eigenvalue weighted by Crippen LogP contribution is -2.13. The summed E-state index contributed by atoms with van der Waals surface area (Å²) in [5, 5.41) is 91.4. The summed E-state index contributed by atoms with van der Waals surface area (Å²) in [7, 11) is 10.7. The van der Waals surface area contributed by atoms with Crippen LogP contribution in [0.3, 0.4) is 0 Å². The van der Waals surface area contributed by atoms with Crippen molar-refractivity contribution in [2.24, 2.45) is 42.3 Å². The number of nitrogens with zero attached hydrogens (tertiary/aromatic N) is 36. The van der Waals surface area contributed by atoms with Crippen molar-refractivity contribution < 1.29 is 0 Å². The Kier molecular flexibility index (Phi) is 51.0. The average Bonchev–Trinajstić information content (AvgIpc) is 4.27. The molecule has 456 valence electrons. The maximum atomic E-state index is 3.90. The maximum absolute atomic E-state index is 3.90. The highest BCUT2D eigenvalue weighted by Crippen LogP contribution is 1.83. The van der Waals surface area contributed by atoms with Crippen molar-refractivity contribution in [3.63, 3.8) is 0 Å². The summed E-state index contributed by atoms with van der Waals surface area (Å²) in [4.78, 5) is 18.0. The molecule has 83 heavy (non-hydrogen) atoms. The summed E-state index contributed by atoms with van der Waals surface area (Å²) in [6.07, 6.45) is 44.0. The Balaban J connectivity index is -0.000000854. The minimum Gasteiger partial charge on any atom is -0.188 e. The summed E-state index contributed by atoms with van der Waals surface area (Å²) in [6.45, 7) is 18.4. The molecule has 0 atom stereocenters. The monoisotopic (exact) mass is 1160 g/mol. The number of hydrogen-bond acceptors (Lipinski definition) is 24. The van der Waals surface area contributed by atoms with Gasteiger partial charge in [0.2, 0.25) is 0 Å². The molecule has 0 bridgehead atoms. The van der Waals surface area contributed by atoms with Gasteiger partial charge in [0, 0.05) is 42.3 Å². The first-order chi connectivity index (χ1) is 39.4.